The van der Waals surface area contributed by atoms with Crippen LogP contribution >= 0.6 is 0 Å². The molecule has 9 heteroatoms. The molecule has 4 atom stereocenters. The first-order valence-electron chi connectivity index (χ1n) is 10.6. The molecule has 170 valence electrons. The number of nitrogens with zero attached hydrogens (tertiary/aromatic N) is 1. The molecule has 1 aliphatic heterocycles. The van der Waals surface area contributed by atoms with Crippen molar-refractivity contribution < 1.29 is 33.6 Å². The van der Waals surface area contributed by atoms with E-state index in [0.29, 0.717) is 19.8 Å². The fourth-order valence-electron chi connectivity index (χ4n) is 3.16. The van der Waals surface area contributed by atoms with Gasteiger partial charge in [-0.2, -0.15) is 0 Å². The highest BCUT2D eigenvalue weighted by Crippen LogP contribution is 2.28. The largest absolute Gasteiger partial charge is 0.503 e. The number of hydrogen-bond acceptors (Lipinski definition) is 8. The number of aromatic hydroxyl groups is 1. The predicted octanol–water partition coefficient (Wildman–Crippen LogP) is 2.27. The summed E-state index contributed by atoms with van der Waals surface area (Å²) >= 11 is 0. The van der Waals surface area contributed by atoms with Crippen molar-refractivity contribution in [3.8, 4) is 11.5 Å². The zero-order valence-corrected chi connectivity index (χ0v) is 18.3. The molecule has 1 fully saturated rings. The Labute approximate surface area is 178 Å². The third-order valence-electron chi connectivity index (χ3n) is 4.59. The summed E-state index contributed by atoms with van der Waals surface area (Å²) in [5.74, 6) is -0.762. The number of hydrogen-bond donors (Lipinski definition) is 2. The van der Waals surface area contributed by atoms with Gasteiger partial charge in [-0.05, 0) is 19.3 Å². The lowest BCUT2D eigenvalue weighted by Gasteiger charge is -2.42. The lowest BCUT2D eigenvalue weighted by Crippen LogP contribution is -2.61. The molecule has 2 rings (SSSR count). The second-order valence-corrected chi connectivity index (χ2v) is 7.02. The molecule has 1 amide bonds. The van der Waals surface area contributed by atoms with Crippen LogP contribution < -0.4 is 10.1 Å². The summed E-state index contributed by atoms with van der Waals surface area (Å²) in [6, 6.07) is 1.47. The van der Waals surface area contributed by atoms with Crippen LogP contribution in [0, 0.1) is 0 Å². The average molecular weight is 427 g/mol. The third-order valence-corrected chi connectivity index (χ3v) is 4.59. The highest BCUT2D eigenvalue weighted by atomic mass is 16.6. The number of pyridine rings is 1. The van der Waals surface area contributed by atoms with E-state index in [0.717, 1.165) is 19.3 Å². The minimum absolute atomic E-state index is 0.150. The van der Waals surface area contributed by atoms with Gasteiger partial charge in [-0.15, -0.1) is 0 Å². The van der Waals surface area contributed by atoms with Crippen molar-refractivity contribution in [2.75, 3.05) is 33.5 Å². The van der Waals surface area contributed by atoms with Crippen molar-refractivity contribution in [3.05, 3.63) is 18.0 Å². The Balaban J connectivity index is 2.20. The van der Waals surface area contributed by atoms with E-state index in [1.54, 1.807) is 0 Å². The van der Waals surface area contributed by atoms with Gasteiger partial charge in [0.2, 0.25) is 0 Å². The molecular formula is C21H34N2O7. The van der Waals surface area contributed by atoms with Gasteiger partial charge in [-0.1, -0.05) is 20.8 Å². The minimum Gasteiger partial charge on any atom is -0.503 e. The van der Waals surface area contributed by atoms with Crippen LogP contribution in [0.3, 0.4) is 0 Å². The monoisotopic (exact) mass is 426 g/mol. The smallest absolute Gasteiger partial charge is 0.275 e. The maximum Gasteiger partial charge on any atom is 0.275 e. The summed E-state index contributed by atoms with van der Waals surface area (Å²) < 4.78 is 29.0. The van der Waals surface area contributed by atoms with Gasteiger partial charge < -0.3 is 34.1 Å². The predicted molar refractivity (Wildman–Crippen MR) is 110 cm³/mol. The summed E-state index contributed by atoms with van der Waals surface area (Å²) in [5, 5.41) is 13.0. The van der Waals surface area contributed by atoms with Gasteiger partial charge >= 0.3 is 0 Å². The summed E-state index contributed by atoms with van der Waals surface area (Å²) in [4.78, 5) is 16.8. The van der Waals surface area contributed by atoms with Crippen LogP contribution in [-0.4, -0.2) is 74.1 Å². The van der Waals surface area contributed by atoms with Crippen LogP contribution in [0.15, 0.2) is 12.3 Å². The van der Waals surface area contributed by atoms with Crippen molar-refractivity contribution in [1.29, 1.82) is 0 Å². The van der Waals surface area contributed by atoms with E-state index in [9.17, 15) is 9.90 Å². The Morgan fingerprint density at radius 2 is 1.77 bits per heavy atom. The number of carbonyl (C=O) groups excluding carboxylic acids is 1. The molecule has 30 heavy (non-hydrogen) atoms. The molecule has 0 spiro atoms. The first-order valence-corrected chi connectivity index (χ1v) is 10.6. The molecule has 1 aromatic heterocycles. The number of rotatable bonds is 12. The van der Waals surface area contributed by atoms with E-state index in [4.69, 9.17) is 23.7 Å². The molecule has 2 N–H and O–H groups in total. The first-order chi connectivity index (χ1) is 14.6. The summed E-state index contributed by atoms with van der Waals surface area (Å²) in [6.07, 6.45) is 1.88. The molecule has 1 aromatic rings. The molecule has 1 aliphatic rings. The Kier molecular flexibility index (Phi) is 10.3. The SMILES string of the molecule is CCCO[C@@H]1[C@@H](OCCC)[C@H](OCCC)CO[C@H]1NC(=O)c1nccc(OC)c1O. The fourth-order valence-corrected chi connectivity index (χ4v) is 3.16. The van der Waals surface area contributed by atoms with Crippen LogP contribution in [0.4, 0.5) is 0 Å². The number of ether oxygens (including phenoxy) is 5. The van der Waals surface area contributed by atoms with Crippen LogP contribution in [0.5, 0.6) is 11.5 Å². The fraction of sp³-hybridized carbons (Fsp3) is 0.714. The van der Waals surface area contributed by atoms with E-state index in [1.165, 1.54) is 19.4 Å². The number of amides is 1. The van der Waals surface area contributed by atoms with Gasteiger partial charge in [0.1, 0.15) is 18.3 Å². The number of aromatic nitrogens is 1. The lowest BCUT2D eigenvalue weighted by molar-refractivity contribution is -0.234. The van der Waals surface area contributed by atoms with E-state index in [1.807, 2.05) is 20.8 Å². The Bertz CT molecular complexity index is 658. The lowest BCUT2D eigenvalue weighted by atomic mass is 10.0. The highest BCUT2D eigenvalue weighted by Gasteiger charge is 2.43. The molecule has 1 saturated heterocycles. The van der Waals surface area contributed by atoms with Gasteiger partial charge in [0.05, 0.1) is 13.7 Å². The normalized spacial score (nSPS) is 23.9. The van der Waals surface area contributed by atoms with Crippen molar-refractivity contribution in [2.24, 2.45) is 0 Å². The van der Waals surface area contributed by atoms with Crippen molar-refractivity contribution >= 4 is 5.91 Å². The van der Waals surface area contributed by atoms with Gasteiger partial charge in [0.15, 0.2) is 23.4 Å². The summed E-state index contributed by atoms with van der Waals surface area (Å²) in [5.41, 5.74) is -0.150. The van der Waals surface area contributed by atoms with E-state index in [2.05, 4.69) is 10.3 Å². The molecule has 0 unspecified atom stereocenters. The van der Waals surface area contributed by atoms with Crippen LogP contribution in [-0.2, 0) is 18.9 Å². The number of nitrogens with one attached hydrogen (secondary N) is 1. The zero-order valence-electron chi connectivity index (χ0n) is 18.3. The molecule has 0 aromatic carbocycles. The number of carbonyl (C=O) groups is 1. The maximum atomic E-state index is 12.8. The molecule has 0 radical (unpaired) electrons. The second-order valence-electron chi connectivity index (χ2n) is 7.02. The molecule has 2 heterocycles. The Morgan fingerprint density at radius 3 is 2.40 bits per heavy atom. The van der Waals surface area contributed by atoms with Crippen molar-refractivity contribution in [2.45, 2.75) is 64.6 Å². The average Bonchev–Trinajstić information content (AvgIpc) is 2.76. The van der Waals surface area contributed by atoms with Crippen molar-refractivity contribution in [1.82, 2.24) is 10.3 Å². The second kappa shape index (κ2) is 12.7. The van der Waals surface area contributed by atoms with Crippen LogP contribution in [0.1, 0.15) is 50.5 Å². The van der Waals surface area contributed by atoms with Gasteiger partial charge in [0.25, 0.3) is 5.91 Å². The van der Waals surface area contributed by atoms with E-state index in [-0.39, 0.29) is 29.9 Å². The summed E-state index contributed by atoms with van der Waals surface area (Å²) in [6.45, 7) is 7.93. The molecule has 0 saturated carbocycles. The first kappa shape index (κ1) is 24.3. The van der Waals surface area contributed by atoms with Gasteiger partial charge in [-0.25, -0.2) is 4.98 Å². The number of methoxy groups -OCH3 is 1. The molecular weight excluding hydrogens is 392 g/mol. The van der Waals surface area contributed by atoms with Gasteiger partial charge in [0, 0.05) is 32.1 Å². The summed E-state index contributed by atoms with van der Waals surface area (Å²) in [7, 11) is 1.40. The topological polar surface area (TPSA) is 108 Å². The van der Waals surface area contributed by atoms with E-state index >= 15 is 0 Å². The Hall–Kier alpha value is -1.94. The van der Waals surface area contributed by atoms with Crippen molar-refractivity contribution in [3.63, 3.8) is 0 Å². The highest BCUT2D eigenvalue weighted by molar-refractivity contribution is 5.95. The minimum atomic E-state index is -0.778. The van der Waals surface area contributed by atoms with Crippen LogP contribution in [0.25, 0.3) is 0 Å². The standard InChI is InChI=1S/C21H34N2O7/c1-5-10-27-15-13-30-21(19(29-12-7-3)18(15)28-11-6-2)23-20(25)16-17(24)14(26-4)8-9-22-16/h8-9,15,18-19,21,24H,5-7,10-13H2,1-4H3,(H,23,25)/t15-,18+,19-,21-/m1/s1. The van der Waals surface area contributed by atoms with E-state index < -0.39 is 24.3 Å². The molecule has 9 nitrogen and oxygen atoms in total. The quantitative estimate of drug-likeness (QED) is 0.524. The van der Waals surface area contributed by atoms with Crippen LogP contribution in [0.2, 0.25) is 0 Å². The molecule has 0 bridgehead atoms. The molecule has 0 aliphatic carbocycles. The Morgan fingerprint density at radius 1 is 1.13 bits per heavy atom. The maximum absolute atomic E-state index is 12.8. The van der Waals surface area contributed by atoms with Gasteiger partial charge in [-0.3, -0.25) is 4.79 Å². The zero-order chi connectivity index (χ0) is 21.9. The third kappa shape index (κ3) is 6.28.